The lowest BCUT2D eigenvalue weighted by Gasteiger charge is -2.31. The summed E-state index contributed by atoms with van der Waals surface area (Å²) in [6, 6.07) is 11.8. The van der Waals surface area contributed by atoms with Crippen molar-refractivity contribution < 1.29 is 9.59 Å². The van der Waals surface area contributed by atoms with E-state index in [9.17, 15) is 9.59 Å². The van der Waals surface area contributed by atoms with Crippen molar-refractivity contribution in [2.45, 2.75) is 63.8 Å². The Labute approximate surface area is 230 Å². The molecule has 5 nitrogen and oxygen atoms in total. The molecule has 0 spiro atoms. The number of hydrogen-bond donors (Lipinski definition) is 1. The Bertz CT molecular complexity index is 1090. The van der Waals surface area contributed by atoms with E-state index in [0.717, 1.165) is 62.1 Å². The van der Waals surface area contributed by atoms with Gasteiger partial charge in [0, 0.05) is 47.2 Å². The summed E-state index contributed by atoms with van der Waals surface area (Å²) in [4.78, 5) is 30.2. The fourth-order valence-corrected chi connectivity index (χ4v) is 6.81. The highest BCUT2D eigenvalue weighted by Crippen LogP contribution is 2.36. The highest BCUT2D eigenvalue weighted by atomic mass is 35.5. The molecule has 2 aromatic carbocycles. The van der Waals surface area contributed by atoms with Gasteiger partial charge in [0.25, 0.3) is 5.91 Å². The summed E-state index contributed by atoms with van der Waals surface area (Å²) < 4.78 is 0. The number of nitrogens with one attached hydrogen (secondary N) is 1. The summed E-state index contributed by atoms with van der Waals surface area (Å²) in [6.07, 6.45) is 9.95. The Balaban J connectivity index is 1.20. The summed E-state index contributed by atoms with van der Waals surface area (Å²) >= 11 is 13.4. The number of carbonyl (C=O) groups is 2. The van der Waals surface area contributed by atoms with Crippen LogP contribution in [0.2, 0.25) is 10.0 Å². The standard InChI is InChI=1S/C30H37Cl2N3O2/c31-27-19-24(21-8-10-22(11-9-21)29(36)33-13-17-34-14-4-5-15-34)20-28(32)26(27)18-23-12-16-35(30(23)37)25-6-2-1-3-7-25/h8-11,19-20,23,25H,1-7,12-18H2,(H,33,36). The maximum Gasteiger partial charge on any atom is 0.251 e. The molecule has 37 heavy (non-hydrogen) atoms. The van der Waals surface area contributed by atoms with Crippen LogP contribution in [0.3, 0.4) is 0 Å². The number of halogens is 2. The van der Waals surface area contributed by atoms with Crippen molar-refractivity contribution in [1.29, 1.82) is 0 Å². The highest BCUT2D eigenvalue weighted by Gasteiger charge is 2.36. The lowest BCUT2D eigenvalue weighted by Crippen LogP contribution is -2.39. The quantitative estimate of drug-likeness (QED) is 0.432. The van der Waals surface area contributed by atoms with Crippen molar-refractivity contribution in [2.24, 2.45) is 5.92 Å². The lowest BCUT2D eigenvalue weighted by molar-refractivity contribution is -0.133. The third kappa shape index (κ3) is 6.32. The number of carbonyl (C=O) groups excluding carboxylic acids is 2. The van der Waals surface area contributed by atoms with Crippen LogP contribution < -0.4 is 5.32 Å². The Morgan fingerprint density at radius 3 is 2.22 bits per heavy atom. The van der Waals surface area contributed by atoms with E-state index in [-0.39, 0.29) is 17.7 Å². The first-order chi connectivity index (χ1) is 18.0. The number of hydrogen-bond acceptors (Lipinski definition) is 3. The smallest absolute Gasteiger partial charge is 0.251 e. The Kier molecular flexibility index (Phi) is 8.74. The van der Waals surface area contributed by atoms with Gasteiger partial charge in [-0.2, -0.15) is 0 Å². The van der Waals surface area contributed by atoms with Crippen LogP contribution in [-0.4, -0.2) is 60.4 Å². The van der Waals surface area contributed by atoms with Crippen molar-refractivity contribution in [1.82, 2.24) is 15.1 Å². The largest absolute Gasteiger partial charge is 0.351 e. The minimum Gasteiger partial charge on any atom is -0.351 e. The number of benzene rings is 2. The molecule has 3 aliphatic rings. The first kappa shape index (κ1) is 26.5. The van der Waals surface area contributed by atoms with E-state index >= 15 is 0 Å². The summed E-state index contributed by atoms with van der Waals surface area (Å²) in [7, 11) is 0. The van der Waals surface area contributed by atoms with E-state index in [4.69, 9.17) is 23.2 Å². The molecule has 0 radical (unpaired) electrons. The minimum absolute atomic E-state index is 0.0500. The summed E-state index contributed by atoms with van der Waals surface area (Å²) in [5.74, 6) is 0.157. The van der Waals surface area contributed by atoms with Crippen LogP contribution in [0.1, 0.15) is 67.3 Å². The molecule has 0 aromatic heterocycles. The van der Waals surface area contributed by atoms with E-state index in [1.165, 1.54) is 32.1 Å². The number of likely N-dealkylation sites (tertiary alicyclic amines) is 2. The molecule has 198 valence electrons. The normalized spacial score (nSPS) is 21.1. The molecular formula is C30H37Cl2N3O2. The SMILES string of the molecule is O=C(NCCN1CCCC1)c1ccc(-c2cc(Cl)c(CC3CCN(C4CCCCC4)C3=O)c(Cl)c2)cc1. The van der Waals surface area contributed by atoms with Crippen molar-refractivity contribution in [2.75, 3.05) is 32.7 Å². The maximum absolute atomic E-state index is 13.1. The molecule has 1 unspecified atom stereocenters. The van der Waals surface area contributed by atoms with E-state index in [2.05, 4.69) is 15.1 Å². The Morgan fingerprint density at radius 2 is 1.54 bits per heavy atom. The number of amides is 2. The van der Waals surface area contributed by atoms with Gasteiger partial charge in [-0.05, 0) is 92.6 Å². The molecule has 1 N–H and O–H groups in total. The average Bonchev–Trinajstić information content (AvgIpc) is 3.56. The molecule has 5 rings (SSSR count). The van der Waals surface area contributed by atoms with Gasteiger partial charge in [0.15, 0.2) is 0 Å². The van der Waals surface area contributed by atoms with Crippen molar-refractivity contribution >= 4 is 35.0 Å². The lowest BCUT2D eigenvalue weighted by atomic mass is 9.93. The second-order valence-electron chi connectivity index (χ2n) is 10.8. The van der Waals surface area contributed by atoms with Crippen LogP contribution in [0.5, 0.6) is 0 Å². The monoisotopic (exact) mass is 541 g/mol. The van der Waals surface area contributed by atoms with Crippen molar-refractivity contribution in [3.05, 3.63) is 57.6 Å². The fraction of sp³-hybridized carbons (Fsp3) is 0.533. The molecule has 1 atom stereocenters. The zero-order chi connectivity index (χ0) is 25.8. The Morgan fingerprint density at radius 1 is 0.865 bits per heavy atom. The van der Waals surface area contributed by atoms with Crippen LogP contribution in [-0.2, 0) is 11.2 Å². The number of nitrogens with zero attached hydrogens (tertiary/aromatic N) is 2. The second-order valence-corrected chi connectivity index (χ2v) is 11.6. The predicted octanol–water partition coefficient (Wildman–Crippen LogP) is 6.21. The molecule has 2 aliphatic heterocycles. The fourth-order valence-electron chi connectivity index (χ4n) is 6.17. The molecule has 2 amide bonds. The molecule has 2 aromatic rings. The van der Waals surface area contributed by atoms with Gasteiger partial charge in [-0.15, -0.1) is 0 Å². The zero-order valence-electron chi connectivity index (χ0n) is 21.5. The third-order valence-corrected chi connectivity index (χ3v) is 9.02. The first-order valence-electron chi connectivity index (χ1n) is 13.9. The van der Waals surface area contributed by atoms with Gasteiger partial charge < -0.3 is 15.1 Å². The maximum atomic E-state index is 13.1. The molecule has 2 saturated heterocycles. The van der Waals surface area contributed by atoms with E-state index in [1.807, 2.05) is 36.4 Å². The van der Waals surface area contributed by atoms with Gasteiger partial charge in [0.1, 0.15) is 0 Å². The molecule has 2 heterocycles. The summed E-state index contributed by atoms with van der Waals surface area (Å²) in [5, 5.41) is 4.20. The van der Waals surface area contributed by atoms with Crippen LogP contribution in [0.15, 0.2) is 36.4 Å². The molecular weight excluding hydrogens is 505 g/mol. The first-order valence-corrected chi connectivity index (χ1v) is 14.6. The second kappa shape index (κ2) is 12.2. The number of rotatable bonds is 8. The van der Waals surface area contributed by atoms with Gasteiger partial charge in [-0.1, -0.05) is 54.6 Å². The highest BCUT2D eigenvalue weighted by molar-refractivity contribution is 6.36. The van der Waals surface area contributed by atoms with Crippen molar-refractivity contribution in [3.8, 4) is 11.1 Å². The molecule has 1 aliphatic carbocycles. The predicted molar refractivity (Wildman–Crippen MR) is 150 cm³/mol. The van der Waals surface area contributed by atoms with Gasteiger partial charge in [0.2, 0.25) is 5.91 Å². The minimum atomic E-state index is -0.0549. The van der Waals surface area contributed by atoms with Crippen LogP contribution in [0.4, 0.5) is 0 Å². The zero-order valence-corrected chi connectivity index (χ0v) is 23.0. The van der Waals surface area contributed by atoms with Crippen LogP contribution in [0, 0.1) is 5.92 Å². The van der Waals surface area contributed by atoms with Gasteiger partial charge >= 0.3 is 0 Å². The topological polar surface area (TPSA) is 52.7 Å². The summed E-state index contributed by atoms with van der Waals surface area (Å²) in [6.45, 7) is 4.67. The third-order valence-electron chi connectivity index (χ3n) is 8.35. The molecule has 3 fully saturated rings. The van der Waals surface area contributed by atoms with Crippen LogP contribution in [0.25, 0.3) is 11.1 Å². The molecule has 1 saturated carbocycles. The van der Waals surface area contributed by atoms with E-state index < -0.39 is 0 Å². The average molecular weight is 543 g/mol. The molecule has 7 heteroatoms. The van der Waals surface area contributed by atoms with Gasteiger partial charge in [-0.25, -0.2) is 0 Å². The van der Waals surface area contributed by atoms with Gasteiger partial charge in [-0.3, -0.25) is 9.59 Å². The Hall–Kier alpha value is -2.08. The van der Waals surface area contributed by atoms with E-state index in [1.54, 1.807) is 0 Å². The summed E-state index contributed by atoms with van der Waals surface area (Å²) in [5.41, 5.74) is 3.34. The van der Waals surface area contributed by atoms with Gasteiger partial charge in [0.05, 0.1) is 0 Å². The van der Waals surface area contributed by atoms with Crippen molar-refractivity contribution in [3.63, 3.8) is 0 Å². The van der Waals surface area contributed by atoms with E-state index in [0.29, 0.717) is 34.6 Å². The molecule has 0 bridgehead atoms. The van der Waals surface area contributed by atoms with Crippen LogP contribution >= 0.6 is 23.2 Å².